The zero-order chi connectivity index (χ0) is 20.6. The van der Waals surface area contributed by atoms with E-state index in [1.165, 1.54) is 19.4 Å². The quantitative estimate of drug-likeness (QED) is 0.476. The largest absolute Gasteiger partial charge is 0.503 e. The fourth-order valence-electron chi connectivity index (χ4n) is 2.42. The highest BCUT2D eigenvalue weighted by Gasteiger charge is 2.17. The average molecular weight is 389 g/mol. The molecule has 3 aromatic rings. The molecule has 0 saturated heterocycles. The molecular formula is C21H15N3O5. The summed E-state index contributed by atoms with van der Waals surface area (Å²) in [6.45, 7) is 0. The molecule has 1 heterocycles. The molecule has 0 amide bonds. The Balaban J connectivity index is 1.89. The highest BCUT2D eigenvalue weighted by Crippen LogP contribution is 2.31. The molecule has 0 bridgehead atoms. The van der Waals surface area contributed by atoms with Crippen LogP contribution < -0.4 is 9.47 Å². The van der Waals surface area contributed by atoms with Crippen LogP contribution in [0.5, 0.6) is 23.4 Å². The number of para-hydroxylation sites is 2. The lowest BCUT2D eigenvalue weighted by molar-refractivity contribution is -0.130. The zero-order valence-corrected chi connectivity index (χ0v) is 15.3. The molecule has 0 fully saturated rings. The van der Waals surface area contributed by atoms with Gasteiger partial charge in [-0.3, -0.25) is 0 Å². The first-order valence-electron chi connectivity index (χ1n) is 8.36. The zero-order valence-electron chi connectivity index (χ0n) is 15.3. The minimum absolute atomic E-state index is 0.0198. The summed E-state index contributed by atoms with van der Waals surface area (Å²) in [6.07, 6.45) is 2.55. The van der Waals surface area contributed by atoms with Crippen molar-refractivity contribution in [3.05, 3.63) is 78.2 Å². The van der Waals surface area contributed by atoms with Crippen molar-refractivity contribution < 1.29 is 24.1 Å². The minimum Gasteiger partial charge on any atom is -0.503 e. The van der Waals surface area contributed by atoms with E-state index in [1.54, 1.807) is 48.5 Å². The third-order valence-electron chi connectivity index (χ3n) is 3.67. The molecule has 0 atom stereocenters. The number of aromatic nitrogens is 2. The Morgan fingerprint density at radius 2 is 1.79 bits per heavy atom. The number of methoxy groups -OCH3 is 1. The first kappa shape index (κ1) is 19.4. The van der Waals surface area contributed by atoms with Gasteiger partial charge in [0.25, 0.3) is 0 Å². The van der Waals surface area contributed by atoms with E-state index in [9.17, 15) is 9.90 Å². The summed E-state index contributed by atoms with van der Waals surface area (Å²) in [6, 6.07) is 16.8. The van der Waals surface area contributed by atoms with Crippen LogP contribution in [-0.2, 0) is 9.53 Å². The van der Waals surface area contributed by atoms with Gasteiger partial charge < -0.3 is 19.3 Å². The van der Waals surface area contributed by atoms with Crippen molar-refractivity contribution in [1.29, 1.82) is 5.26 Å². The van der Waals surface area contributed by atoms with Crippen molar-refractivity contribution in [2.45, 2.75) is 0 Å². The molecule has 8 heteroatoms. The number of benzene rings is 2. The summed E-state index contributed by atoms with van der Waals surface area (Å²) in [4.78, 5) is 19.7. The first-order valence-corrected chi connectivity index (χ1v) is 8.36. The van der Waals surface area contributed by atoms with Gasteiger partial charge in [-0.1, -0.05) is 30.3 Å². The van der Waals surface area contributed by atoms with Crippen molar-refractivity contribution in [3.63, 3.8) is 0 Å². The number of ether oxygens (including phenoxy) is 3. The van der Waals surface area contributed by atoms with Crippen LogP contribution in [0.2, 0.25) is 0 Å². The van der Waals surface area contributed by atoms with Crippen molar-refractivity contribution in [1.82, 2.24) is 9.97 Å². The molecule has 0 aliphatic heterocycles. The molecule has 0 spiro atoms. The lowest BCUT2D eigenvalue weighted by atomic mass is 10.1. The van der Waals surface area contributed by atoms with E-state index in [-0.39, 0.29) is 23.2 Å². The Morgan fingerprint density at radius 1 is 1.07 bits per heavy atom. The molecular weight excluding hydrogens is 374 g/mol. The van der Waals surface area contributed by atoms with Crippen molar-refractivity contribution in [2.75, 3.05) is 7.11 Å². The van der Waals surface area contributed by atoms with E-state index in [1.807, 2.05) is 6.07 Å². The highest BCUT2D eigenvalue weighted by atomic mass is 16.5. The van der Waals surface area contributed by atoms with Gasteiger partial charge in [0.15, 0.2) is 0 Å². The monoisotopic (exact) mass is 389 g/mol. The molecule has 1 N–H and O–H groups in total. The molecule has 0 unspecified atom stereocenters. The van der Waals surface area contributed by atoms with Crippen LogP contribution in [0.15, 0.2) is 67.1 Å². The second-order valence-electron chi connectivity index (χ2n) is 5.56. The Hall–Kier alpha value is -4.38. The van der Waals surface area contributed by atoms with E-state index in [4.69, 9.17) is 19.5 Å². The fourth-order valence-corrected chi connectivity index (χ4v) is 2.42. The molecule has 0 aliphatic carbocycles. The van der Waals surface area contributed by atoms with E-state index in [0.29, 0.717) is 16.9 Å². The van der Waals surface area contributed by atoms with Crippen molar-refractivity contribution in [2.24, 2.45) is 0 Å². The lowest BCUT2D eigenvalue weighted by Crippen LogP contribution is -2.03. The summed E-state index contributed by atoms with van der Waals surface area (Å²) in [5, 5.41) is 18.6. The number of carbonyl (C=O) groups is 1. The average Bonchev–Trinajstić information content (AvgIpc) is 2.73. The highest BCUT2D eigenvalue weighted by molar-refractivity contribution is 6.15. The summed E-state index contributed by atoms with van der Waals surface area (Å²) < 4.78 is 16.2. The third-order valence-corrected chi connectivity index (χ3v) is 3.67. The number of rotatable bonds is 7. The number of hydrogen-bond donors (Lipinski definition) is 1. The summed E-state index contributed by atoms with van der Waals surface area (Å²) >= 11 is 0. The number of carboxylic acids is 1. The van der Waals surface area contributed by atoms with Gasteiger partial charge in [-0.05, 0) is 18.2 Å². The van der Waals surface area contributed by atoms with Crippen molar-refractivity contribution in [3.8, 4) is 29.5 Å². The molecule has 0 saturated carbocycles. The molecule has 2 aromatic carbocycles. The summed E-state index contributed by atoms with van der Waals surface area (Å²) in [7, 11) is 1.36. The Kier molecular flexibility index (Phi) is 6.02. The van der Waals surface area contributed by atoms with Gasteiger partial charge in [-0.2, -0.15) is 10.2 Å². The topological polar surface area (TPSA) is 115 Å². The van der Waals surface area contributed by atoms with Gasteiger partial charge in [0.05, 0.1) is 18.9 Å². The van der Waals surface area contributed by atoms with Crippen LogP contribution >= 0.6 is 0 Å². The van der Waals surface area contributed by atoms with E-state index < -0.39 is 5.97 Å². The van der Waals surface area contributed by atoms with Crippen LogP contribution in [0.3, 0.4) is 0 Å². The maximum Gasteiger partial charge on any atom is 0.339 e. The SMILES string of the molecule is COC=C(C(=O)O)c1ccccc1Oc1ccnc(Oc2ccccc2C#N)n1. The molecule has 1 aromatic heterocycles. The maximum absolute atomic E-state index is 11.5. The summed E-state index contributed by atoms with van der Waals surface area (Å²) in [5.74, 6) is -0.453. The van der Waals surface area contributed by atoms with Crippen molar-refractivity contribution >= 4 is 11.5 Å². The van der Waals surface area contributed by atoms with E-state index in [2.05, 4.69) is 9.97 Å². The molecule has 3 rings (SSSR count). The van der Waals surface area contributed by atoms with Gasteiger partial charge in [0.1, 0.15) is 23.1 Å². The van der Waals surface area contributed by atoms with Crippen LogP contribution in [0.4, 0.5) is 0 Å². The second kappa shape index (κ2) is 9.01. The predicted octanol–water partition coefficient (Wildman–Crippen LogP) is 4.00. The van der Waals surface area contributed by atoms with E-state index >= 15 is 0 Å². The Morgan fingerprint density at radius 3 is 2.52 bits per heavy atom. The van der Waals surface area contributed by atoms with Gasteiger partial charge in [0, 0.05) is 17.8 Å². The van der Waals surface area contributed by atoms with Crippen LogP contribution in [0, 0.1) is 11.3 Å². The standard InChI is InChI=1S/C21H15N3O5/c1-27-13-16(20(25)26)15-7-3-5-9-18(15)28-19-10-11-23-21(24-19)29-17-8-4-2-6-14(17)12-22/h2-11,13H,1H3,(H,25,26). The minimum atomic E-state index is -1.16. The number of hydrogen-bond acceptors (Lipinski definition) is 7. The van der Waals surface area contributed by atoms with Crippen LogP contribution in [-0.4, -0.2) is 28.2 Å². The first-order chi connectivity index (χ1) is 14.1. The lowest BCUT2D eigenvalue weighted by Gasteiger charge is -2.11. The van der Waals surface area contributed by atoms with Gasteiger partial charge in [-0.15, -0.1) is 0 Å². The number of carboxylic acid groups (broad SMARTS) is 1. The normalized spacial score (nSPS) is 10.7. The molecule has 29 heavy (non-hydrogen) atoms. The smallest absolute Gasteiger partial charge is 0.339 e. The third kappa shape index (κ3) is 4.67. The fraction of sp³-hybridized carbons (Fsp3) is 0.0476. The predicted molar refractivity (Wildman–Crippen MR) is 102 cm³/mol. The molecule has 8 nitrogen and oxygen atoms in total. The molecule has 0 radical (unpaired) electrons. The van der Waals surface area contributed by atoms with Gasteiger partial charge >= 0.3 is 12.0 Å². The van der Waals surface area contributed by atoms with Gasteiger partial charge in [-0.25, -0.2) is 9.78 Å². The number of nitriles is 1. The number of nitrogens with zero attached hydrogens (tertiary/aromatic N) is 3. The van der Waals surface area contributed by atoms with Crippen LogP contribution in [0.25, 0.3) is 5.57 Å². The number of aliphatic carboxylic acids is 1. The maximum atomic E-state index is 11.5. The van der Waals surface area contributed by atoms with Crippen LogP contribution in [0.1, 0.15) is 11.1 Å². The Labute approximate surface area is 166 Å². The molecule has 144 valence electrons. The van der Waals surface area contributed by atoms with Gasteiger partial charge in [0.2, 0.25) is 5.88 Å². The van der Waals surface area contributed by atoms with E-state index in [0.717, 1.165) is 6.26 Å². The molecule has 0 aliphatic rings. The second-order valence-corrected chi connectivity index (χ2v) is 5.56. The Bertz CT molecular complexity index is 1110. The summed E-state index contributed by atoms with van der Waals surface area (Å²) in [5.41, 5.74) is 0.581.